The van der Waals surface area contributed by atoms with Gasteiger partial charge >= 0.3 is 0 Å². The molecule has 1 aliphatic rings. The maximum absolute atomic E-state index is 12.8. The Hall–Kier alpha value is -1.89. The molecule has 140 valence electrons. The molecular weight excluding hydrogens is 372 g/mol. The number of nitrogens with two attached hydrogens (primary N) is 1. The summed E-state index contributed by atoms with van der Waals surface area (Å²) in [5.41, 5.74) is 8.39. The van der Waals surface area contributed by atoms with Crippen molar-refractivity contribution in [1.29, 1.82) is 0 Å². The number of amides is 1. The summed E-state index contributed by atoms with van der Waals surface area (Å²) in [5, 5.41) is 0. The van der Waals surface area contributed by atoms with Crippen molar-refractivity contribution < 1.29 is 13.2 Å². The molecule has 3 rings (SSSR count). The summed E-state index contributed by atoms with van der Waals surface area (Å²) in [6, 6.07) is 14.6. The molecule has 1 amide bonds. The predicted molar refractivity (Wildman–Crippen MR) is 105 cm³/mol. The zero-order valence-corrected chi connectivity index (χ0v) is 16.4. The standard InChI is InChI=1S/C19H22N2O3S.ClH/c1-13-8-9-15(10-18(13)25(2,23)24)19(22)21-11-16(17(20)12-21)14-6-4-3-5-7-14;/h3-10,16-17H,11-12,20H2,1-2H3;1H/t16-,17+;/m0./s1. The van der Waals surface area contributed by atoms with Crippen LogP contribution in [-0.2, 0) is 9.84 Å². The average molecular weight is 395 g/mol. The number of nitrogens with zero attached hydrogens (tertiary/aromatic N) is 1. The number of carbonyl (C=O) groups excluding carboxylic acids is 1. The highest BCUT2D eigenvalue weighted by Crippen LogP contribution is 2.28. The zero-order valence-electron chi connectivity index (χ0n) is 14.8. The van der Waals surface area contributed by atoms with E-state index in [1.54, 1.807) is 24.0 Å². The Morgan fingerprint density at radius 3 is 2.38 bits per heavy atom. The molecule has 0 unspecified atom stereocenters. The number of hydrogen-bond donors (Lipinski definition) is 1. The fraction of sp³-hybridized carbons (Fsp3) is 0.316. The Morgan fingerprint density at radius 2 is 1.77 bits per heavy atom. The second-order valence-electron chi connectivity index (χ2n) is 6.64. The lowest BCUT2D eigenvalue weighted by Crippen LogP contribution is -2.32. The van der Waals surface area contributed by atoms with Crippen molar-refractivity contribution in [1.82, 2.24) is 4.90 Å². The normalized spacial score (nSPS) is 19.9. The molecule has 5 nitrogen and oxygen atoms in total. The van der Waals surface area contributed by atoms with Gasteiger partial charge < -0.3 is 10.6 Å². The van der Waals surface area contributed by atoms with Crippen molar-refractivity contribution in [3.8, 4) is 0 Å². The van der Waals surface area contributed by atoms with Crippen LogP contribution in [0.4, 0.5) is 0 Å². The quantitative estimate of drug-likeness (QED) is 0.866. The van der Waals surface area contributed by atoms with Crippen molar-refractivity contribution in [3.05, 3.63) is 65.2 Å². The lowest BCUT2D eigenvalue weighted by Gasteiger charge is -2.17. The van der Waals surface area contributed by atoms with Crippen molar-refractivity contribution >= 4 is 28.2 Å². The van der Waals surface area contributed by atoms with E-state index in [2.05, 4.69) is 0 Å². The summed E-state index contributed by atoms with van der Waals surface area (Å²) < 4.78 is 23.8. The number of rotatable bonds is 3. The highest BCUT2D eigenvalue weighted by molar-refractivity contribution is 7.90. The second-order valence-corrected chi connectivity index (χ2v) is 8.63. The largest absolute Gasteiger partial charge is 0.336 e. The number of sulfone groups is 1. The highest BCUT2D eigenvalue weighted by atomic mass is 35.5. The Morgan fingerprint density at radius 1 is 1.12 bits per heavy atom. The molecule has 1 fully saturated rings. The van der Waals surface area contributed by atoms with E-state index in [4.69, 9.17) is 5.73 Å². The fourth-order valence-corrected chi connectivity index (χ4v) is 4.36. The maximum atomic E-state index is 12.8. The first-order valence-electron chi connectivity index (χ1n) is 8.18. The Bertz CT molecular complexity index is 900. The summed E-state index contributed by atoms with van der Waals surface area (Å²) in [6.07, 6.45) is 1.15. The van der Waals surface area contributed by atoms with E-state index in [9.17, 15) is 13.2 Å². The van der Waals surface area contributed by atoms with Crippen LogP contribution in [0.3, 0.4) is 0 Å². The number of halogens is 1. The lowest BCUT2D eigenvalue weighted by molar-refractivity contribution is 0.0789. The molecule has 1 heterocycles. The third kappa shape index (κ3) is 4.09. The van der Waals surface area contributed by atoms with Crippen LogP contribution in [0.15, 0.2) is 53.4 Å². The van der Waals surface area contributed by atoms with E-state index in [0.717, 1.165) is 11.8 Å². The van der Waals surface area contributed by atoms with E-state index in [0.29, 0.717) is 24.2 Å². The van der Waals surface area contributed by atoms with Gasteiger partial charge in [0, 0.05) is 36.9 Å². The molecular formula is C19H23ClN2O3S. The van der Waals surface area contributed by atoms with Crippen LogP contribution >= 0.6 is 12.4 Å². The smallest absolute Gasteiger partial charge is 0.253 e. The van der Waals surface area contributed by atoms with Gasteiger partial charge in [0.2, 0.25) is 0 Å². The summed E-state index contributed by atoms with van der Waals surface area (Å²) >= 11 is 0. The summed E-state index contributed by atoms with van der Waals surface area (Å²) in [4.78, 5) is 14.7. The van der Waals surface area contributed by atoms with Gasteiger partial charge in [0.25, 0.3) is 5.91 Å². The highest BCUT2D eigenvalue weighted by Gasteiger charge is 2.34. The van der Waals surface area contributed by atoms with E-state index in [-0.39, 0.29) is 35.2 Å². The molecule has 0 aliphatic carbocycles. The van der Waals surface area contributed by atoms with E-state index in [1.165, 1.54) is 6.07 Å². The second kappa shape index (κ2) is 7.78. The van der Waals surface area contributed by atoms with Gasteiger partial charge in [-0.15, -0.1) is 12.4 Å². The van der Waals surface area contributed by atoms with Gasteiger partial charge in [0.15, 0.2) is 9.84 Å². The molecule has 26 heavy (non-hydrogen) atoms. The molecule has 2 aromatic carbocycles. The van der Waals surface area contributed by atoms with E-state index >= 15 is 0 Å². The Balaban J connectivity index is 0.00000243. The van der Waals surface area contributed by atoms with Crippen LogP contribution < -0.4 is 5.73 Å². The van der Waals surface area contributed by atoms with Crippen LogP contribution in [0.25, 0.3) is 0 Å². The maximum Gasteiger partial charge on any atom is 0.253 e. The van der Waals surface area contributed by atoms with Gasteiger partial charge in [0.1, 0.15) is 0 Å². The fourth-order valence-electron chi connectivity index (χ4n) is 3.36. The van der Waals surface area contributed by atoms with Gasteiger partial charge in [-0.2, -0.15) is 0 Å². The predicted octanol–water partition coefficient (Wildman–Crippen LogP) is 2.39. The molecule has 1 saturated heterocycles. The van der Waals surface area contributed by atoms with Crippen LogP contribution in [0, 0.1) is 6.92 Å². The zero-order chi connectivity index (χ0) is 18.2. The van der Waals surface area contributed by atoms with Crippen LogP contribution in [0.2, 0.25) is 0 Å². The number of benzene rings is 2. The number of hydrogen-bond acceptors (Lipinski definition) is 4. The number of likely N-dealkylation sites (tertiary alicyclic amines) is 1. The topological polar surface area (TPSA) is 80.5 Å². The van der Waals surface area contributed by atoms with Crippen LogP contribution in [-0.4, -0.2) is 44.6 Å². The van der Waals surface area contributed by atoms with Gasteiger partial charge in [-0.1, -0.05) is 36.4 Å². The molecule has 7 heteroatoms. The third-order valence-electron chi connectivity index (χ3n) is 4.71. The van der Waals surface area contributed by atoms with Crippen LogP contribution in [0.5, 0.6) is 0 Å². The van der Waals surface area contributed by atoms with Gasteiger partial charge in [-0.25, -0.2) is 8.42 Å². The summed E-state index contributed by atoms with van der Waals surface area (Å²) in [6.45, 7) is 2.72. The molecule has 2 N–H and O–H groups in total. The summed E-state index contributed by atoms with van der Waals surface area (Å²) in [5.74, 6) is -0.0937. The van der Waals surface area contributed by atoms with E-state index < -0.39 is 9.84 Å². The van der Waals surface area contributed by atoms with E-state index in [1.807, 2.05) is 30.3 Å². The first kappa shape index (κ1) is 20.4. The molecule has 0 saturated carbocycles. The molecule has 2 atom stereocenters. The summed E-state index contributed by atoms with van der Waals surface area (Å²) in [7, 11) is -3.37. The SMILES string of the molecule is Cc1ccc(C(=O)N2C[C@@H](N)[C@H](c3ccccc3)C2)cc1S(C)(=O)=O.Cl. The lowest BCUT2D eigenvalue weighted by atomic mass is 9.95. The van der Waals surface area contributed by atoms with Gasteiger partial charge in [0.05, 0.1) is 4.90 Å². The van der Waals surface area contributed by atoms with Gasteiger partial charge in [-0.05, 0) is 30.2 Å². The van der Waals surface area contributed by atoms with Crippen molar-refractivity contribution in [2.75, 3.05) is 19.3 Å². The molecule has 1 aliphatic heterocycles. The average Bonchev–Trinajstić information content (AvgIpc) is 2.96. The minimum Gasteiger partial charge on any atom is -0.336 e. The molecule has 0 radical (unpaired) electrons. The molecule has 0 bridgehead atoms. The third-order valence-corrected chi connectivity index (χ3v) is 5.95. The first-order chi connectivity index (χ1) is 11.8. The Labute approximate surface area is 160 Å². The minimum atomic E-state index is -3.37. The van der Waals surface area contributed by atoms with Gasteiger partial charge in [-0.3, -0.25) is 4.79 Å². The first-order valence-corrected chi connectivity index (χ1v) is 10.1. The van der Waals surface area contributed by atoms with Crippen molar-refractivity contribution in [3.63, 3.8) is 0 Å². The molecule has 0 spiro atoms. The Kier molecular flexibility index (Phi) is 6.11. The molecule has 0 aromatic heterocycles. The molecule has 2 aromatic rings. The van der Waals surface area contributed by atoms with Crippen molar-refractivity contribution in [2.24, 2.45) is 5.73 Å². The van der Waals surface area contributed by atoms with Crippen LogP contribution in [0.1, 0.15) is 27.4 Å². The number of carbonyl (C=O) groups is 1. The minimum absolute atomic E-state index is 0. The number of aryl methyl sites for hydroxylation is 1. The monoisotopic (exact) mass is 394 g/mol. The van der Waals surface area contributed by atoms with Crippen molar-refractivity contribution in [2.45, 2.75) is 23.8 Å².